The fraction of sp³-hybridized carbons (Fsp3) is 0.889. The Labute approximate surface area is 82.2 Å². The number of rotatable bonds is 3. The summed E-state index contributed by atoms with van der Waals surface area (Å²) >= 11 is 3.44. The smallest absolute Gasteiger partial charge is 0.136 e. The van der Waals surface area contributed by atoms with E-state index in [9.17, 15) is 4.79 Å². The van der Waals surface area contributed by atoms with E-state index in [0.29, 0.717) is 0 Å². The molecule has 0 saturated carbocycles. The van der Waals surface area contributed by atoms with Gasteiger partial charge in [0.2, 0.25) is 0 Å². The van der Waals surface area contributed by atoms with Crippen LogP contribution in [0, 0.1) is 5.92 Å². The van der Waals surface area contributed by atoms with E-state index in [1.165, 1.54) is 19.3 Å². The van der Waals surface area contributed by atoms with Gasteiger partial charge < -0.3 is 10.1 Å². The molecule has 1 rings (SSSR count). The molecule has 0 bridgehead atoms. The Balaban J connectivity index is 2.36. The predicted molar refractivity (Wildman–Crippen MR) is 53.6 cm³/mol. The normalized spacial score (nSPS) is 31.1. The van der Waals surface area contributed by atoms with Crippen molar-refractivity contribution < 1.29 is 4.79 Å². The third-order valence-corrected chi connectivity index (χ3v) is 2.92. The molecule has 0 radical (unpaired) electrons. The van der Waals surface area contributed by atoms with Crippen LogP contribution in [0.2, 0.25) is 0 Å². The van der Waals surface area contributed by atoms with Gasteiger partial charge >= 0.3 is 0 Å². The maximum Gasteiger partial charge on any atom is 0.136 e. The third-order valence-electron chi connectivity index (χ3n) is 2.46. The van der Waals surface area contributed by atoms with Gasteiger partial charge in [0.05, 0.1) is 6.04 Å². The highest BCUT2D eigenvalue weighted by Crippen LogP contribution is 2.20. The summed E-state index contributed by atoms with van der Waals surface area (Å²) in [5.41, 5.74) is 0. The first-order valence-electron chi connectivity index (χ1n) is 4.61. The van der Waals surface area contributed by atoms with E-state index in [0.717, 1.165) is 30.5 Å². The molecule has 1 aliphatic rings. The van der Waals surface area contributed by atoms with E-state index in [-0.39, 0.29) is 6.04 Å². The molecule has 70 valence electrons. The summed E-state index contributed by atoms with van der Waals surface area (Å²) < 4.78 is 0. The van der Waals surface area contributed by atoms with Gasteiger partial charge in [0.15, 0.2) is 0 Å². The summed E-state index contributed by atoms with van der Waals surface area (Å²) in [6.45, 7) is 1.00. The molecule has 2 nitrogen and oxygen atoms in total. The number of nitrogens with one attached hydrogen (secondary N) is 1. The zero-order chi connectivity index (χ0) is 8.81. The van der Waals surface area contributed by atoms with Crippen molar-refractivity contribution in [3.05, 3.63) is 0 Å². The second-order valence-corrected chi connectivity index (χ2v) is 4.21. The zero-order valence-corrected chi connectivity index (χ0v) is 8.85. The van der Waals surface area contributed by atoms with Gasteiger partial charge in [-0.2, -0.15) is 0 Å². The third kappa shape index (κ3) is 3.23. The van der Waals surface area contributed by atoms with E-state index >= 15 is 0 Å². The monoisotopic (exact) mass is 233 g/mol. The molecule has 1 aliphatic heterocycles. The molecule has 0 amide bonds. The Kier molecular flexibility index (Phi) is 4.84. The van der Waals surface area contributed by atoms with Crippen LogP contribution in [-0.2, 0) is 4.79 Å². The van der Waals surface area contributed by atoms with Crippen molar-refractivity contribution in [2.75, 3.05) is 11.9 Å². The minimum Gasteiger partial charge on any atom is -0.308 e. The molecule has 0 aromatic rings. The van der Waals surface area contributed by atoms with Crippen molar-refractivity contribution >= 4 is 22.2 Å². The van der Waals surface area contributed by atoms with Crippen molar-refractivity contribution in [3.8, 4) is 0 Å². The molecule has 1 N–H and O–H groups in total. The van der Waals surface area contributed by atoms with Gasteiger partial charge in [0, 0.05) is 5.33 Å². The second-order valence-electron chi connectivity index (χ2n) is 3.42. The van der Waals surface area contributed by atoms with E-state index < -0.39 is 0 Å². The van der Waals surface area contributed by atoms with Crippen LogP contribution in [0.15, 0.2) is 0 Å². The van der Waals surface area contributed by atoms with Crippen LogP contribution in [0.5, 0.6) is 0 Å². The lowest BCUT2D eigenvalue weighted by Gasteiger charge is -2.14. The number of carbonyl (C=O) groups is 1. The molecule has 1 saturated heterocycles. The summed E-state index contributed by atoms with van der Waals surface area (Å²) in [4.78, 5) is 10.6. The average Bonchev–Trinajstić information content (AvgIpc) is 2.30. The minimum atomic E-state index is 0.108. The van der Waals surface area contributed by atoms with Crippen LogP contribution in [0.3, 0.4) is 0 Å². The lowest BCUT2D eigenvalue weighted by atomic mass is 9.95. The standard InChI is InChI=1S/C9H16BrNO/c10-4-3-8-2-1-5-11-9(6-8)7-12/h7-9,11H,1-6H2. The summed E-state index contributed by atoms with van der Waals surface area (Å²) in [7, 11) is 0. The zero-order valence-electron chi connectivity index (χ0n) is 7.26. The first-order chi connectivity index (χ1) is 5.86. The van der Waals surface area contributed by atoms with Crippen LogP contribution in [0.25, 0.3) is 0 Å². The lowest BCUT2D eigenvalue weighted by Crippen LogP contribution is -2.30. The van der Waals surface area contributed by atoms with Crippen molar-refractivity contribution in [1.82, 2.24) is 5.32 Å². The number of hydrogen-bond donors (Lipinski definition) is 1. The van der Waals surface area contributed by atoms with Crippen LogP contribution < -0.4 is 5.32 Å². The maximum absolute atomic E-state index is 10.6. The molecule has 0 aromatic heterocycles. The maximum atomic E-state index is 10.6. The average molecular weight is 234 g/mol. The molecule has 0 spiro atoms. The molecule has 1 heterocycles. The Morgan fingerprint density at radius 1 is 1.58 bits per heavy atom. The van der Waals surface area contributed by atoms with E-state index in [2.05, 4.69) is 21.2 Å². The second kappa shape index (κ2) is 5.70. The summed E-state index contributed by atoms with van der Waals surface area (Å²) in [5, 5.41) is 4.30. The molecule has 12 heavy (non-hydrogen) atoms. The van der Waals surface area contributed by atoms with Gasteiger partial charge in [0.1, 0.15) is 6.29 Å². The summed E-state index contributed by atoms with van der Waals surface area (Å²) in [6, 6.07) is 0.108. The minimum absolute atomic E-state index is 0.108. The van der Waals surface area contributed by atoms with Crippen LogP contribution in [0.1, 0.15) is 25.7 Å². The lowest BCUT2D eigenvalue weighted by molar-refractivity contribution is -0.109. The molecular weight excluding hydrogens is 218 g/mol. The molecular formula is C9H16BrNO. The highest BCUT2D eigenvalue weighted by atomic mass is 79.9. The first-order valence-corrected chi connectivity index (χ1v) is 5.73. The quantitative estimate of drug-likeness (QED) is 0.595. The largest absolute Gasteiger partial charge is 0.308 e. The van der Waals surface area contributed by atoms with Gasteiger partial charge in [0.25, 0.3) is 0 Å². The first kappa shape index (κ1) is 10.2. The number of alkyl halides is 1. The van der Waals surface area contributed by atoms with Crippen LogP contribution >= 0.6 is 15.9 Å². The van der Waals surface area contributed by atoms with Crippen molar-refractivity contribution in [3.63, 3.8) is 0 Å². The van der Waals surface area contributed by atoms with Crippen LogP contribution in [0.4, 0.5) is 0 Å². The molecule has 0 aromatic carbocycles. The summed E-state index contributed by atoms with van der Waals surface area (Å²) in [5.74, 6) is 0.731. The van der Waals surface area contributed by atoms with E-state index in [1.54, 1.807) is 0 Å². The van der Waals surface area contributed by atoms with E-state index in [4.69, 9.17) is 0 Å². The molecule has 0 aliphatic carbocycles. The Morgan fingerprint density at radius 2 is 2.42 bits per heavy atom. The van der Waals surface area contributed by atoms with Gasteiger partial charge in [-0.15, -0.1) is 0 Å². The highest BCUT2D eigenvalue weighted by Gasteiger charge is 2.18. The number of carbonyl (C=O) groups excluding carboxylic acids is 1. The Morgan fingerprint density at radius 3 is 3.08 bits per heavy atom. The molecule has 2 atom stereocenters. The molecule has 2 unspecified atom stereocenters. The predicted octanol–water partition coefficient (Wildman–Crippen LogP) is 1.73. The van der Waals surface area contributed by atoms with Crippen molar-refractivity contribution in [2.45, 2.75) is 31.7 Å². The van der Waals surface area contributed by atoms with Gasteiger partial charge in [-0.05, 0) is 38.1 Å². The fourth-order valence-corrected chi connectivity index (χ4v) is 2.41. The van der Waals surface area contributed by atoms with Gasteiger partial charge in [-0.1, -0.05) is 15.9 Å². The fourth-order valence-electron chi connectivity index (χ4n) is 1.76. The van der Waals surface area contributed by atoms with Crippen LogP contribution in [-0.4, -0.2) is 24.2 Å². The Hall–Kier alpha value is 0.110. The highest BCUT2D eigenvalue weighted by molar-refractivity contribution is 9.09. The summed E-state index contributed by atoms with van der Waals surface area (Å²) in [6.07, 6.45) is 5.75. The number of aldehydes is 1. The van der Waals surface area contributed by atoms with E-state index in [1.807, 2.05) is 0 Å². The number of halogens is 1. The Bertz CT molecular complexity index is 140. The SMILES string of the molecule is O=CC1CC(CCBr)CCCN1. The topological polar surface area (TPSA) is 29.1 Å². The van der Waals surface area contributed by atoms with Gasteiger partial charge in [-0.25, -0.2) is 0 Å². The van der Waals surface area contributed by atoms with Crippen molar-refractivity contribution in [1.29, 1.82) is 0 Å². The number of hydrogen-bond acceptors (Lipinski definition) is 2. The van der Waals surface area contributed by atoms with Crippen molar-refractivity contribution in [2.24, 2.45) is 5.92 Å². The molecule has 3 heteroatoms. The van der Waals surface area contributed by atoms with Gasteiger partial charge in [-0.3, -0.25) is 0 Å². The molecule has 1 fully saturated rings.